The quantitative estimate of drug-likeness (QED) is 0.317. The number of hydrogen-bond acceptors (Lipinski definition) is 3. The molecule has 0 rings (SSSR count). The standard InChI is InChI=1S/C8H15NO2/c1-3-5-9-6-7-11-8(10)4-2/h3-4,8-10H,1-2,5-7H2. The third-order valence-corrected chi connectivity index (χ3v) is 1.06. The number of rotatable bonds is 7. The Morgan fingerprint density at radius 3 is 2.82 bits per heavy atom. The van der Waals surface area contributed by atoms with E-state index in [2.05, 4.69) is 18.5 Å². The largest absolute Gasteiger partial charge is 0.365 e. The summed E-state index contributed by atoms with van der Waals surface area (Å²) < 4.78 is 4.88. The van der Waals surface area contributed by atoms with Crippen LogP contribution in [0.25, 0.3) is 0 Å². The highest BCUT2D eigenvalue weighted by Gasteiger charge is 1.94. The smallest absolute Gasteiger partial charge is 0.173 e. The molecule has 0 saturated carbocycles. The lowest BCUT2D eigenvalue weighted by Gasteiger charge is -2.06. The summed E-state index contributed by atoms with van der Waals surface area (Å²) in [6.07, 6.45) is 2.26. The third kappa shape index (κ3) is 7.25. The van der Waals surface area contributed by atoms with Crippen molar-refractivity contribution in [3.8, 4) is 0 Å². The Morgan fingerprint density at radius 2 is 2.27 bits per heavy atom. The third-order valence-electron chi connectivity index (χ3n) is 1.06. The van der Waals surface area contributed by atoms with Crippen LogP contribution >= 0.6 is 0 Å². The second-order valence-electron chi connectivity index (χ2n) is 1.99. The molecule has 11 heavy (non-hydrogen) atoms. The van der Waals surface area contributed by atoms with Crippen LogP contribution in [0.2, 0.25) is 0 Å². The average Bonchev–Trinajstić information content (AvgIpc) is 2.04. The topological polar surface area (TPSA) is 41.5 Å². The van der Waals surface area contributed by atoms with E-state index >= 15 is 0 Å². The fourth-order valence-corrected chi connectivity index (χ4v) is 0.524. The molecule has 0 aliphatic rings. The van der Waals surface area contributed by atoms with Crippen molar-refractivity contribution in [2.75, 3.05) is 19.7 Å². The minimum absolute atomic E-state index is 0.473. The van der Waals surface area contributed by atoms with Gasteiger partial charge in [-0.25, -0.2) is 0 Å². The summed E-state index contributed by atoms with van der Waals surface area (Å²) in [6, 6.07) is 0. The zero-order valence-electron chi connectivity index (χ0n) is 6.62. The van der Waals surface area contributed by atoms with Gasteiger partial charge < -0.3 is 15.2 Å². The zero-order valence-corrected chi connectivity index (χ0v) is 6.62. The van der Waals surface area contributed by atoms with Gasteiger partial charge in [0.05, 0.1) is 6.61 Å². The molecule has 0 bridgehead atoms. The van der Waals surface area contributed by atoms with Gasteiger partial charge in [0.1, 0.15) is 0 Å². The molecule has 0 aromatic rings. The summed E-state index contributed by atoms with van der Waals surface area (Å²) in [7, 11) is 0. The first-order chi connectivity index (χ1) is 5.31. The van der Waals surface area contributed by atoms with Gasteiger partial charge in [0.15, 0.2) is 6.29 Å². The second-order valence-corrected chi connectivity index (χ2v) is 1.99. The Balaban J connectivity index is 3.01. The molecule has 3 heteroatoms. The molecular weight excluding hydrogens is 142 g/mol. The molecule has 0 amide bonds. The average molecular weight is 157 g/mol. The van der Waals surface area contributed by atoms with Crippen LogP contribution < -0.4 is 5.32 Å². The molecule has 64 valence electrons. The molecule has 0 aromatic carbocycles. The maximum atomic E-state index is 8.83. The van der Waals surface area contributed by atoms with Crippen LogP contribution in [0.15, 0.2) is 25.3 Å². The van der Waals surface area contributed by atoms with Crippen molar-refractivity contribution >= 4 is 0 Å². The Hall–Kier alpha value is -0.640. The van der Waals surface area contributed by atoms with E-state index in [-0.39, 0.29) is 0 Å². The van der Waals surface area contributed by atoms with Gasteiger partial charge in [0.25, 0.3) is 0 Å². The molecule has 1 unspecified atom stereocenters. The number of nitrogens with one attached hydrogen (secondary N) is 1. The molecule has 3 nitrogen and oxygen atoms in total. The van der Waals surface area contributed by atoms with Crippen molar-refractivity contribution in [1.29, 1.82) is 0 Å². The molecule has 0 saturated heterocycles. The fourth-order valence-electron chi connectivity index (χ4n) is 0.524. The first-order valence-corrected chi connectivity index (χ1v) is 3.55. The Bertz CT molecular complexity index is 115. The van der Waals surface area contributed by atoms with E-state index in [1.807, 2.05) is 0 Å². The summed E-state index contributed by atoms with van der Waals surface area (Å²) in [4.78, 5) is 0. The summed E-state index contributed by atoms with van der Waals surface area (Å²) in [5.74, 6) is 0. The summed E-state index contributed by atoms with van der Waals surface area (Å²) in [6.45, 7) is 8.84. The van der Waals surface area contributed by atoms with Crippen LogP contribution in [0.1, 0.15) is 0 Å². The molecule has 0 heterocycles. The predicted octanol–water partition coefficient (Wildman–Crippen LogP) is 0.283. The molecule has 0 spiro atoms. The maximum absolute atomic E-state index is 8.83. The van der Waals surface area contributed by atoms with Gasteiger partial charge in [0, 0.05) is 13.1 Å². The Labute approximate surface area is 67.4 Å². The number of ether oxygens (including phenoxy) is 1. The van der Waals surface area contributed by atoms with Gasteiger partial charge in [-0.1, -0.05) is 12.7 Å². The molecule has 0 aliphatic heterocycles. The first-order valence-electron chi connectivity index (χ1n) is 3.55. The summed E-state index contributed by atoms with van der Waals surface area (Å²) >= 11 is 0. The summed E-state index contributed by atoms with van der Waals surface area (Å²) in [5, 5.41) is 11.9. The lowest BCUT2D eigenvalue weighted by Crippen LogP contribution is -2.22. The van der Waals surface area contributed by atoms with Crippen LogP contribution in [0.5, 0.6) is 0 Å². The molecule has 2 N–H and O–H groups in total. The monoisotopic (exact) mass is 157 g/mol. The molecule has 0 fully saturated rings. The van der Waals surface area contributed by atoms with Gasteiger partial charge in [0.2, 0.25) is 0 Å². The van der Waals surface area contributed by atoms with Crippen molar-refractivity contribution in [2.45, 2.75) is 6.29 Å². The molecule has 0 aliphatic carbocycles. The fraction of sp³-hybridized carbons (Fsp3) is 0.500. The van der Waals surface area contributed by atoms with Crippen molar-refractivity contribution < 1.29 is 9.84 Å². The zero-order chi connectivity index (χ0) is 8.53. The summed E-state index contributed by atoms with van der Waals surface area (Å²) in [5.41, 5.74) is 0. The minimum Gasteiger partial charge on any atom is -0.365 e. The molecular formula is C8H15NO2. The van der Waals surface area contributed by atoms with E-state index in [1.54, 1.807) is 6.08 Å². The number of aliphatic hydroxyl groups is 1. The van der Waals surface area contributed by atoms with Crippen molar-refractivity contribution in [3.63, 3.8) is 0 Å². The van der Waals surface area contributed by atoms with Crippen LogP contribution in [-0.2, 0) is 4.74 Å². The van der Waals surface area contributed by atoms with Gasteiger partial charge in [-0.3, -0.25) is 0 Å². The molecule has 1 atom stereocenters. The molecule has 0 aromatic heterocycles. The van der Waals surface area contributed by atoms with Crippen molar-refractivity contribution in [2.24, 2.45) is 0 Å². The van der Waals surface area contributed by atoms with Crippen LogP contribution in [-0.4, -0.2) is 31.1 Å². The molecule has 0 radical (unpaired) electrons. The van der Waals surface area contributed by atoms with Crippen LogP contribution in [0.3, 0.4) is 0 Å². The first kappa shape index (κ1) is 10.4. The highest BCUT2D eigenvalue weighted by atomic mass is 16.6. The van der Waals surface area contributed by atoms with Gasteiger partial charge >= 0.3 is 0 Å². The van der Waals surface area contributed by atoms with Gasteiger partial charge in [-0.05, 0) is 6.08 Å². The maximum Gasteiger partial charge on any atom is 0.173 e. The van der Waals surface area contributed by atoms with Crippen molar-refractivity contribution in [3.05, 3.63) is 25.3 Å². The minimum atomic E-state index is -0.847. The predicted molar refractivity (Wildman–Crippen MR) is 45.2 cm³/mol. The van der Waals surface area contributed by atoms with Crippen LogP contribution in [0, 0.1) is 0 Å². The number of aliphatic hydroxyl groups excluding tert-OH is 1. The van der Waals surface area contributed by atoms with E-state index in [4.69, 9.17) is 9.84 Å². The Morgan fingerprint density at radius 1 is 1.55 bits per heavy atom. The highest BCUT2D eigenvalue weighted by Crippen LogP contribution is 1.84. The van der Waals surface area contributed by atoms with Crippen LogP contribution in [0.4, 0.5) is 0 Å². The van der Waals surface area contributed by atoms with E-state index in [1.165, 1.54) is 6.08 Å². The highest BCUT2D eigenvalue weighted by molar-refractivity contribution is 4.71. The van der Waals surface area contributed by atoms with E-state index in [0.717, 1.165) is 6.54 Å². The normalized spacial score (nSPS) is 12.5. The van der Waals surface area contributed by atoms with E-state index in [0.29, 0.717) is 13.2 Å². The van der Waals surface area contributed by atoms with E-state index < -0.39 is 6.29 Å². The second kappa shape index (κ2) is 7.47. The SMILES string of the molecule is C=CCNCCOC(O)C=C. The van der Waals surface area contributed by atoms with Gasteiger partial charge in [-0.15, -0.1) is 6.58 Å². The Kier molecular flexibility index (Phi) is 7.03. The number of hydrogen-bond donors (Lipinski definition) is 2. The van der Waals surface area contributed by atoms with Gasteiger partial charge in [-0.2, -0.15) is 0 Å². The van der Waals surface area contributed by atoms with E-state index in [9.17, 15) is 0 Å². The lowest BCUT2D eigenvalue weighted by atomic mass is 10.5. The lowest BCUT2D eigenvalue weighted by molar-refractivity contribution is -0.0620. The van der Waals surface area contributed by atoms with Crippen molar-refractivity contribution in [1.82, 2.24) is 5.32 Å².